The molecular weight excluding hydrogens is 374 g/mol. The third-order valence-corrected chi connectivity index (χ3v) is 4.49. The van der Waals surface area contributed by atoms with E-state index in [1.165, 1.54) is 0 Å². The first-order valence-electron chi connectivity index (χ1n) is 8.72. The van der Waals surface area contributed by atoms with E-state index >= 15 is 0 Å². The minimum Gasteiger partial charge on any atom is -0.439 e. The third kappa shape index (κ3) is 3.74. The molecule has 0 aliphatic carbocycles. The SMILES string of the molecule is Cn1nc(-c2ccccn2)cc1Oc1cc(Cl)ccc1-c1ccc(CN)cn1. The molecular formula is C21H18ClN5O. The lowest BCUT2D eigenvalue weighted by Crippen LogP contribution is -1.98. The molecule has 140 valence electrons. The maximum atomic E-state index is 6.21. The molecule has 6 nitrogen and oxygen atoms in total. The van der Waals surface area contributed by atoms with Gasteiger partial charge in [0.1, 0.15) is 11.4 Å². The summed E-state index contributed by atoms with van der Waals surface area (Å²) in [5.74, 6) is 1.17. The molecule has 4 rings (SSSR count). The lowest BCUT2D eigenvalue weighted by atomic mass is 10.1. The summed E-state index contributed by atoms with van der Waals surface area (Å²) in [4.78, 5) is 8.82. The van der Waals surface area contributed by atoms with Gasteiger partial charge in [0.25, 0.3) is 0 Å². The Morgan fingerprint density at radius 2 is 1.89 bits per heavy atom. The van der Waals surface area contributed by atoms with Gasteiger partial charge in [-0.3, -0.25) is 9.97 Å². The van der Waals surface area contributed by atoms with E-state index in [4.69, 9.17) is 22.1 Å². The topological polar surface area (TPSA) is 78.8 Å². The van der Waals surface area contributed by atoms with Crippen LogP contribution >= 0.6 is 11.6 Å². The molecule has 0 bridgehead atoms. The molecule has 0 fully saturated rings. The molecule has 4 aromatic rings. The molecule has 0 unspecified atom stereocenters. The van der Waals surface area contributed by atoms with E-state index in [-0.39, 0.29) is 0 Å². The Morgan fingerprint density at radius 3 is 2.61 bits per heavy atom. The molecule has 0 spiro atoms. The predicted molar refractivity (Wildman–Crippen MR) is 109 cm³/mol. The molecule has 0 saturated heterocycles. The van der Waals surface area contributed by atoms with Gasteiger partial charge in [-0.15, -0.1) is 0 Å². The van der Waals surface area contributed by atoms with Gasteiger partial charge in [0.05, 0.1) is 11.4 Å². The van der Waals surface area contributed by atoms with Gasteiger partial charge in [-0.2, -0.15) is 5.10 Å². The second kappa shape index (κ2) is 7.80. The highest BCUT2D eigenvalue weighted by molar-refractivity contribution is 6.30. The number of halogens is 1. The van der Waals surface area contributed by atoms with Crippen molar-refractivity contribution in [3.63, 3.8) is 0 Å². The summed E-state index contributed by atoms with van der Waals surface area (Å²) >= 11 is 6.21. The number of hydrogen-bond acceptors (Lipinski definition) is 5. The second-order valence-corrected chi connectivity index (χ2v) is 6.64. The molecule has 0 aliphatic heterocycles. The van der Waals surface area contributed by atoms with Crippen molar-refractivity contribution in [1.82, 2.24) is 19.7 Å². The maximum absolute atomic E-state index is 6.21. The van der Waals surface area contributed by atoms with Crippen molar-refractivity contribution < 1.29 is 4.74 Å². The highest BCUT2D eigenvalue weighted by Gasteiger charge is 2.14. The number of aromatic nitrogens is 4. The Morgan fingerprint density at radius 1 is 1.00 bits per heavy atom. The molecule has 0 atom stereocenters. The number of aryl methyl sites for hydroxylation is 1. The van der Waals surface area contributed by atoms with Crippen molar-refractivity contribution in [2.24, 2.45) is 12.8 Å². The molecule has 0 amide bonds. The number of nitrogens with zero attached hydrogens (tertiary/aromatic N) is 4. The number of rotatable bonds is 5. The Balaban J connectivity index is 1.70. The Hall–Kier alpha value is -3.22. The zero-order chi connectivity index (χ0) is 19.5. The van der Waals surface area contributed by atoms with Crippen LogP contribution in [0.2, 0.25) is 5.02 Å². The lowest BCUT2D eigenvalue weighted by Gasteiger charge is -2.11. The first kappa shape index (κ1) is 18.2. The quantitative estimate of drug-likeness (QED) is 0.543. The van der Waals surface area contributed by atoms with Gasteiger partial charge in [-0.25, -0.2) is 4.68 Å². The monoisotopic (exact) mass is 391 g/mol. The minimum atomic E-state index is 0.447. The number of benzene rings is 1. The third-order valence-electron chi connectivity index (χ3n) is 4.26. The van der Waals surface area contributed by atoms with E-state index in [1.807, 2.05) is 55.6 Å². The van der Waals surface area contributed by atoms with E-state index in [2.05, 4.69) is 15.1 Å². The van der Waals surface area contributed by atoms with Crippen LogP contribution in [0.15, 0.2) is 67.0 Å². The molecule has 0 aliphatic rings. The fraction of sp³-hybridized carbons (Fsp3) is 0.0952. The average molecular weight is 392 g/mol. The molecule has 1 aromatic carbocycles. The second-order valence-electron chi connectivity index (χ2n) is 6.20. The summed E-state index contributed by atoms with van der Waals surface area (Å²) in [6.45, 7) is 0.447. The lowest BCUT2D eigenvalue weighted by molar-refractivity contribution is 0.432. The highest BCUT2D eigenvalue weighted by Crippen LogP contribution is 2.35. The Labute approximate surface area is 167 Å². The zero-order valence-corrected chi connectivity index (χ0v) is 16.0. The summed E-state index contributed by atoms with van der Waals surface area (Å²) < 4.78 is 7.82. The van der Waals surface area contributed by atoms with Gasteiger partial charge < -0.3 is 10.5 Å². The fourth-order valence-corrected chi connectivity index (χ4v) is 2.96. The zero-order valence-electron chi connectivity index (χ0n) is 15.2. The highest BCUT2D eigenvalue weighted by atomic mass is 35.5. The van der Waals surface area contributed by atoms with Crippen LogP contribution in [0.3, 0.4) is 0 Å². The van der Waals surface area contributed by atoms with Crippen molar-refractivity contribution >= 4 is 11.6 Å². The normalized spacial score (nSPS) is 10.8. The predicted octanol–water partition coefficient (Wildman–Crippen LogP) is 4.45. The van der Waals surface area contributed by atoms with Gasteiger partial charge in [0.2, 0.25) is 5.88 Å². The van der Waals surface area contributed by atoms with Gasteiger partial charge in [0.15, 0.2) is 0 Å². The Kier molecular flexibility index (Phi) is 5.06. The van der Waals surface area contributed by atoms with Crippen molar-refractivity contribution in [1.29, 1.82) is 0 Å². The van der Waals surface area contributed by atoms with Gasteiger partial charge in [-0.05, 0) is 35.9 Å². The van der Waals surface area contributed by atoms with Crippen LogP contribution in [-0.4, -0.2) is 19.7 Å². The van der Waals surface area contributed by atoms with Crippen LogP contribution in [0.5, 0.6) is 11.6 Å². The molecule has 0 radical (unpaired) electrons. The van der Waals surface area contributed by atoms with Gasteiger partial charge in [-0.1, -0.05) is 23.7 Å². The van der Waals surface area contributed by atoms with Crippen LogP contribution in [0.25, 0.3) is 22.6 Å². The van der Waals surface area contributed by atoms with Crippen LogP contribution in [0.1, 0.15) is 5.56 Å². The van der Waals surface area contributed by atoms with E-state index < -0.39 is 0 Å². The van der Waals surface area contributed by atoms with Gasteiger partial charge >= 0.3 is 0 Å². The minimum absolute atomic E-state index is 0.447. The van der Waals surface area contributed by atoms with Crippen LogP contribution < -0.4 is 10.5 Å². The van der Waals surface area contributed by atoms with Crippen molar-refractivity contribution in [2.45, 2.75) is 6.54 Å². The molecule has 7 heteroatoms. The van der Waals surface area contributed by atoms with E-state index in [9.17, 15) is 0 Å². The number of pyridine rings is 2. The molecule has 0 saturated carbocycles. The molecule has 28 heavy (non-hydrogen) atoms. The van der Waals surface area contributed by atoms with Crippen LogP contribution in [0.4, 0.5) is 0 Å². The average Bonchev–Trinajstić information content (AvgIpc) is 3.09. The van der Waals surface area contributed by atoms with E-state index in [0.717, 1.165) is 28.2 Å². The molecule has 3 heterocycles. The summed E-state index contributed by atoms with van der Waals surface area (Å²) in [5, 5.41) is 5.06. The summed E-state index contributed by atoms with van der Waals surface area (Å²) in [5.41, 5.74) is 9.73. The van der Waals surface area contributed by atoms with Crippen molar-refractivity contribution in [3.05, 3.63) is 77.6 Å². The van der Waals surface area contributed by atoms with Crippen molar-refractivity contribution in [2.75, 3.05) is 0 Å². The Bertz CT molecular complexity index is 1090. The van der Waals surface area contributed by atoms with Crippen LogP contribution in [0, 0.1) is 0 Å². The summed E-state index contributed by atoms with van der Waals surface area (Å²) in [6, 6.07) is 16.9. The number of nitrogens with two attached hydrogens (primary N) is 1. The largest absolute Gasteiger partial charge is 0.439 e. The van der Waals surface area contributed by atoms with Crippen molar-refractivity contribution in [3.8, 4) is 34.3 Å². The molecule has 3 aromatic heterocycles. The first-order chi connectivity index (χ1) is 13.6. The fourth-order valence-electron chi connectivity index (χ4n) is 2.79. The van der Waals surface area contributed by atoms with Crippen LogP contribution in [-0.2, 0) is 13.6 Å². The first-order valence-corrected chi connectivity index (χ1v) is 9.10. The van der Waals surface area contributed by atoms with E-state index in [1.54, 1.807) is 23.1 Å². The standard InChI is InChI=1S/C21H18ClN5O/c1-27-21(11-19(26-27)18-4-2-3-9-24-18)28-20-10-15(22)6-7-16(20)17-8-5-14(12-23)13-25-17/h2-11,13H,12,23H2,1H3. The smallest absolute Gasteiger partial charge is 0.218 e. The summed E-state index contributed by atoms with van der Waals surface area (Å²) in [6.07, 6.45) is 3.49. The number of ether oxygens (including phenoxy) is 1. The maximum Gasteiger partial charge on any atom is 0.218 e. The number of hydrogen-bond donors (Lipinski definition) is 1. The van der Waals surface area contributed by atoms with Gasteiger partial charge in [0, 0.05) is 48.7 Å². The summed E-state index contributed by atoms with van der Waals surface area (Å²) in [7, 11) is 1.82. The van der Waals surface area contributed by atoms with E-state index in [0.29, 0.717) is 23.2 Å². The molecule has 2 N–H and O–H groups in total.